The third kappa shape index (κ3) is 2.20. The summed E-state index contributed by atoms with van der Waals surface area (Å²) in [7, 11) is -0.611. The van der Waals surface area contributed by atoms with Crippen LogP contribution < -0.4 is 0 Å². The molecule has 4 bridgehead atoms. The molecule has 2 heteroatoms. The highest BCUT2D eigenvalue weighted by Crippen LogP contribution is 2.67. The van der Waals surface area contributed by atoms with Crippen LogP contribution in [0.2, 0.25) is 26.2 Å². The number of fused-ring (bicyclic) bond motifs is 9. The van der Waals surface area contributed by atoms with Gasteiger partial charge < -0.3 is 5.11 Å². The van der Waals surface area contributed by atoms with Gasteiger partial charge in [-0.3, -0.25) is 0 Å². The fourth-order valence-corrected chi connectivity index (χ4v) is 5.53. The van der Waals surface area contributed by atoms with Crippen molar-refractivity contribution in [2.24, 2.45) is 35.5 Å². The molecular formula is C16H30OSi. The SMILES string of the molecule is C[Si](C)(C)C.OC1CC2CC1C1C3CCC(C3)C21. The van der Waals surface area contributed by atoms with Crippen LogP contribution in [0.3, 0.4) is 0 Å². The van der Waals surface area contributed by atoms with Crippen LogP contribution in [0, 0.1) is 35.5 Å². The average molecular weight is 267 g/mol. The first-order valence-corrected chi connectivity index (χ1v) is 12.0. The Morgan fingerprint density at radius 3 is 1.94 bits per heavy atom. The summed E-state index contributed by atoms with van der Waals surface area (Å²) < 4.78 is 0. The fraction of sp³-hybridized carbons (Fsp3) is 1.00. The average Bonchev–Trinajstić information content (AvgIpc) is 2.90. The minimum absolute atomic E-state index is 0.0885. The number of aliphatic hydroxyl groups excluding tert-OH is 1. The van der Waals surface area contributed by atoms with E-state index in [4.69, 9.17) is 0 Å². The molecule has 7 unspecified atom stereocenters. The molecule has 104 valence electrons. The molecule has 18 heavy (non-hydrogen) atoms. The fourth-order valence-electron chi connectivity index (χ4n) is 5.53. The summed E-state index contributed by atoms with van der Waals surface area (Å²) in [5.41, 5.74) is 0. The van der Waals surface area contributed by atoms with Crippen LogP contribution in [-0.4, -0.2) is 19.3 Å². The van der Waals surface area contributed by atoms with Gasteiger partial charge in [0.2, 0.25) is 0 Å². The summed E-state index contributed by atoms with van der Waals surface area (Å²) in [6, 6.07) is 0. The molecule has 4 rings (SSSR count). The maximum Gasteiger partial charge on any atom is 0.0574 e. The number of rotatable bonds is 0. The topological polar surface area (TPSA) is 20.2 Å². The third-order valence-electron chi connectivity index (χ3n) is 5.70. The lowest BCUT2D eigenvalue weighted by atomic mass is 9.70. The van der Waals surface area contributed by atoms with Crippen LogP contribution in [0.1, 0.15) is 32.1 Å². The Morgan fingerprint density at radius 2 is 1.33 bits per heavy atom. The second kappa shape index (κ2) is 4.34. The van der Waals surface area contributed by atoms with Gasteiger partial charge in [-0.15, -0.1) is 0 Å². The van der Waals surface area contributed by atoms with Gasteiger partial charge in [0.15, 0.2) is 0 Å². The van der Waals surface area contributed by atoms with Crippen LogP contribution in [-0.2, 0) is 0 Å². The largest absolute Gasteiger partial charge is 0.393 e. The monoisotopic (exact) mass is 266 g/mol. The molecule has 0 aromatic heterocycles. The number of hydrogen-bond acceptors (Lipinski definition) is 1. The van der Waals surface area contributed by atoms with Crippen molar-refractivity contribution in [3.8, 4) is 0 Å². The molecule has 0 heterocycles. The Balaban J connectivity index is 0.000000175. The molecule has 0 spiro atoms. The van der Waals surface area contributed by atoms with E-state index in [0.29, 0.717) is 0 Å². The summed E-state index contributed by atoms with van der Waals surface area (Å²) in [5, 5.41) is 9.89. The molecule has 1 N–H and O–H groups in total. The predicted molar refractivity (Wildman–Crippen MR) is 79.2 cm³/mol. The van der Waals surface area contributed by atoms with Crippen molar-refractivity contribution in [3.63, 3.8) is 0 Å². The van der Waals surface area contributed by atoms with Gasteiger partial charge in [-0.25, -0.2) is 0 Å². The number of hydrogen-bond donors (Lipinski definition) is 1. The zero-order chi connectivity index (χ0) is 13.1. The minimum atomic E-state index is -0.611. The molecule has 1 nitrogen and oxygen atoms in total. The normalized spacial score (nSPS) is 52.2. The summed E-state index contributed by atoms with van der Waals surface area (Å²) >= 11 is 0. The predicted octanol–water partition coefficient (Wildman–Crippen LogP) is 4.00. The molecule has 4 aliphatic carbocycles. The maximum absolute atomic E-state index is 9.89. The molecule has 0 saturated heterocycles. The van der Waals surface area contributed by atoms with E-state index < -0.39 is 8.07 Å². The van der Waals surface area contributed by atoms with Gasteiger partial charge >= 0.3 is 0 Å². The highest BCUT2D eigenvalue weighted by Gasteiger charge is 2.61. The van der Waals surface area contributed by atoms with Crippen LogP contribution >= 0.6 is 0 Å². The van der Waals surface area contributed by atoms with E-state index in [-0.39, 0.29) is 6.10 Å². The Hall–Kier alpha value is 0.177. The van der Waals surface area contributed by atoms with Gasteiger partial charge in [-0.1, -0.05) is 26.2 Å². The van der Waals surface area contributed by atoms with Gasteiger partial charge in [-0.2, -0.15) is 0 Å². The van der Waals surface area contributed by atoms with E-state index in [9.17, 15) is 5.11 Å². The first-order chi connectivity index (χ1) is 8.34. The maximum atomic E-state index is 9.89. The quantitative estimate of drug-likeness (QED) is 0.519. The van der Waals surface area contributed by atoms with Crippen molar-refractivity contribution < 1.29 is 5.11 Å². The van der Waals surface area contributed by atoms with Gasteiger partial charge in [0.25, 0.3) is 0 Å². The second-order valence-electron chi connectivity index (χ2n) is 8.95. The third-order valence-corrected chi connectivity index (χ3v) is 5.70. The molecular weight excluding hydrogens is 236 g/mol. The summed E-state index contributed by atoms with van der Waals surface area (Å²) in [4.78, 5) is 0. The first kappa shape index (κ1) is 13.2. The summed E-state index contributed by atoms with van der Waals surface area (Å²) in [6.45, 7) is 9.31. The molecule has 0 radical (unpaired) electrons. The zero-order valence-electron chi connectivity index (χ0n) is 12.5. The lowest BCUT2D eigenvalue weighted by molar-refractivity contribution is 0.0291. The Bertz CT molecular complexity index is 316. The Labute approximate surface area is 113 Å². The number of aliphatic hydroxyl groups is 1. The van der Waals surface area contributed by atoms with E-state index in [0.717, 1.165) is 41.9 Å². The van der Waals surface area contributed by atoms with E-state index in [1.54, 1.807) is 0 Å². The van der Waals surface area contributed by atoms with Crippen molar-refractivity contribution in [1.82, 2.24) is 0 Å². The van der Waals surface area contributed by atoms with Crippen molar-refractivity contribution in [3.05, 3.63) is 0 Å². The van der Waals surface area contributed by atoms with E-state index in [1.807, 2.05) is 0 Å². The smallest absolute Gasteiger partial charge is 0.0574 e. The van der Waals surface area contributed by atoms with Gasteiger partial charge in [-0.05, 0) is 67.6 Å². The molecule has 0 aromatic rings. The van der Waals surface area contributed by atoms with E-state index >= 15 is 0 Å². The molecule has 4 saturated carbocycles. The molecule has 7 atom stereocenters. The molecule has 0 aliphatic heterocycles. The highest BCUT2D eigenvalue weighted by atomic mass is 28.3. The minimum Gasteiger partial charge on any atom is -0.393 e. The highest BCUT2D eigenvalue weighted by molar-refractivity contribution is 6.74. The molecule has 0 aromatic carbocycles. The molecule has 4 aliphatic rings. The van der Waals surface area contributed by atoms with E-state index in [2.05, 4.69) is 26.2 Å². The van der Waals surface area contributed by atoms with Crippen molar-refractivity contribution in [1.29, 1.82) is 0 Å². The summed E-state index contributed by atoms with van der Waals surface area (Å²) in [5.74, 6) is 5.79. The lowest BCUT2D eigenvalue weighted by Gasteiger charge is -2.36. The zero-order valence-corrected chi connectivity index (χ0v) is 13.5. The lowest BCUT2D eigenvalue weighted by Crippen LogP contribution is -2.34. The van der Waals surface area contributed by atoms with Gasteiger partial charge in [0.05, 0.1) is 6.10 Å². The van der Waals surface area contributed by atoms with Crippen LogP contribution in [0.4, 0.5) is 0 Å². The van der Waals surface area contributed by atoms with Crippen molar-refractivity contribution in [2.45, 2.75) is 64.4 Å². The molecule has 0 amide bonds. The summed E-state index contributed by atoms with van der Waals surface area (Å²) in [6.07, 6.45) is 7.14. The first-order valence-electron chi connectivity index (χ1n) is 8.02. The molecule has 4 fully saturated rings. The Kier molecular flexibility index (Phi) is 3.18. The van der Waals surface area contributed by atoms with Crippen LogP contribution in [0.25, 0.3) is 0 Å². The second-order valence-corrected chi connectivity index (χ2v) is 15.0. The van der Waals surface area contributed by atoms with Crippen molar-refractivity contribution >= 4 is 8.07 Å². The van der Waals surface area contributed by atoms with Crippen molar-refractivity contribution in [2.75, 3.05) is 0 Å². The van der Waals surface area contributed by atoms with Gasteiger partial charge in [0.1, 0.15) is 0 Å². The van der Waals surface area contributed by atoms with Crippen LogP contribution in [0.15, 0.2) is 0 Å². The Morgan fingerprint density at radius 1 is 0.778 bits per heavy atom. The van der Waals surface area contributed by atoms with E-state index in [1.165, 1.54) is 25.7 Å². The van der Waals surface area contributed by atoms with Crippen LogP contribution in [0.5, 0.6) is 0 Å². The van der Waals surface area contributed by atoms with Gasteiger partial charge in [0, 0.05) is 8.07 Å². The standard InChI is InChI=1S/C12H18O.C4H12Si/c13-10-5-8-4-9(10)12-7-2-1-6(3-7)11(8)12;1-5(2,3)4/h6-13H,1-5H2;1-4H3.